The van der Waals surface area contributed by atoms with E-state index in [4.69, 9.17) is 11.6 Å². The van der Waals surface area contributed by atoms with E-state index in [1.165, 1.54) is 0 Å². The molecule has 0 bridgehead atoms. The molecule has 0 amide bonds. The number of aryl methyl sites for hydroxylation is 1. The van der Waals surface area contributed by atoms with Gasteiger partial charge in [-0.1, -0.05) is 16.8 Å². The summed E-state index contributed by atoms with van der Waals surface area (Å²) in [4.78, 5) is 4.33. The summed E-state index contributed by atoms with van der Waals surface area (Å²) in [6, 6.07) is 3.85. The van der Waals surface area contributed by atoms with Gasteiger partial charge in [-0.25, -0.2) is 4.98 Å². The number of nitrogens with one attached hydrogen (secondary N) is 1. The summed E-state index contributed by atoms with van der Waals surface area (Å²) in [7, 11) is 1.84. The third-order valence-electron chi connectivity index (χ3n) is 2.55. The van der Waals surface area contributed by atoms with E-state index in [9.17, 15) is 0 Å². The van der Waals surface area contributed by atoms with Crippen LogP contribution < -0.4 is 5.32 Å². The highest BCUT2D eigenvalue weighted by molar-refractivity contribution is 7.16. The van der Waals surface area contributed by atoms with E-state index in [1.54, 1.807) is 16.0 Å². The molecule has 0 saturated carbocycles. The topological polar surface area (TPSA) is 55.6 Å². The first kappa shape index (κ1) is 11.4. The van der Waals surface area contributed by atoms with Crippen LogP contribution in [-0.2, 0) is 13.6 Å². The number of benzene rings is 1. The highest BCUT2D eigenvalue weighted by Gasteiger charge is 2.09. The Morgan fingerprint density at radius 2 is 2.33 bits per heavy atom. The number of hydrogen-bond donors (Lipinski definition) is 1. The lowest BCUT2D eigenvalue weighted by Crippen LogP contribution is -2.01. The minimum atomic E-state index is 0.574. The Labute approximate surface area is 112 Å². The second-order valence-corrected chi connectivity index (χ2v) is 5.15. The largest absolute Gasteiger partial charge is 0.376 e. The highest BCUT2D eigenvalue weighted by Crippen LogP contribution is 2.32. The summed E-state index contributed by atoms with van der Waals surface area (Å²) >= 11 is 7.79. The fourth-order valence-corrected chi connectivity index (χ4v) is 2.63. The first-order chi connectivity index (χ1) is 8.74. The van der Waals surface area contributed by atoms with Crippen molar-refractivity contribution in [2.75, 3.05) is 5.32 Å². The normalized spacial score (nSPS) is 11.0. The zero-order chi connectivity index (χ0) is 12.5. The molecule has 7 heteroatoms. The van der Waals surface area contributed by atoms with Gasteiger partial charge < -0.3 is 5.32 Å². The number of anilines is 1. The van der Waals surface area contributed by atoms with E-state index >= 15 is 0 Å². The van der Waals surface area contributed by atoms with E-state index in [0.717, 1.165) is 21.6 Å². The van der Waals surface area contributed by atoms with Gasteiger partial charge in [-0.05, 0) is 12.1 Å². The molecule has 0 radical (unpaired) electrons. The van der Waals surface area contributed by atoms with E-state index in [0.29, 0.717) is 11.6 Å². The van der Waals surface area contributed by atoms with Gasteiger partial charge in [0.2, 0.25) is 0 Å². The molecule has 5 nitrogen and oxygen atoms in total. The molecule has 18 heavy (non-hydrogen) atoms. The number of fused-ring (bicyclic) bond motifs is 1. The van der Waals surface area contributed by atoms with Crippen molar-refractivity contribution in [3.05, 3.63) is 34.6 Å². The van der Waals surface area contributed by atoms with Gasteiger partial charge in [-0.2, -0.15) is 0 Å². The maximum atomic E-state index is 6.19. The average molecular weight is 280 g/mol. The Hall–Kier alpha value is -1.66. The molecular weight excluding hydrogens is 270 g/mol. The van der Waals surface area contributed by atoms with Gasteiger partial charge in [0.15, 0.2) is 0 Å². The van der Waals surface area contributed by atoms with Crippen LogP contribution in [0.1, 0.15) is 5.69 Å². The standard InChI is InChI=1S/C11H10ClN5S/c1-17-5-7(15-16-17)4-13-10-8(12)2-3-9-11(10)14-6-18-9/h2-3,5-6,13H,4H2,1H3. The lowest BCUT2D eigenvalue weighted by molar-refractivity contribution is 0.713. The number of hydrogen-bond acceptors (Lipinski definition) is 5. The highest BCUT2D eigenvalue weighted by atomic mass is 35.5. The molecule has 2 aromatic heterocycles. The first-order valence-electron chi connectivity index (χ1n) is 5.35. The zero-order valence-electron chi connectivity index (χ0n) is 9.59. The van der Waals surface area contributed by atoms with Crippen LogP contribution in [0, 0.1) is 0 Å². The lowest BCUT2D eigenvalue weighted by Gasteiger charge is -2.07. The average Bonchev–Trinajstić information content (AvgIpc) is 2.96. The van der Waals surface area contributed by atoms with Gasteiger partial charge in [0.1, 0.15) is 11.2 Å². The summed E-state index contributed by atoms with van der Waals surface area (Å²) in [6.07, 6.45) is 1.86. The molecule has 92 valence electrons. The summed E-state index contributed by atoms with van der Waals surface area (Å²) in [5.41, 5.74) is 4.42. The van der Waals surface area contributed by atoms with Crippen molar-refractivity contribution in [2.45, 2.75) is 6.54 Å². The van der Waals surface area contributed by atoms with Crippen LogP contribution in [0.15, 0.2) is 23.8 Å². The van der Waals surface area contributed by atoms with Crippen LogP contribution in [0.4, 0.5) is 5.69 Å². The summed E-state index contributed by atoms with van der Waals surface area (Å²) in [5, 5.41) is 11.8. The second-order valence-electron chi connectivity index (χ2n) is 3.86. The van der Waals surface area contributed by atoms with Crippen molar-refractivity contribution in [3.8, 4) is 0 Å². The SMILES string of the molecule is Cn1cc(CNc2c(Cl)ccc3scnc23)nn1. The van der Waals surface area contributed by atoms with Crippen molar-refractivity contribution >= 4 is 38.8 Å². The van der Waals surface area contributed by atoms with E-state index in [-0.39, 0.29) is 0 Å². The van der Waals surface area contributed by atoms with E-state index in [2.05, 4.69) is 20.6 Å². The second kappa shape index (κ2) is 4.55. The van der Waals surface area contributed by atoms with Crippen molar-refractivity contribution < 1.29 is 0 Å². The van der Waals surface area contributed by atoms with Gasteiger partial charge in [0, 0.05) is 13.2 Å². The van der Waals surface area contributed by atoms with Gasteiger partial charge in [0.25, 0.3) is 0 Å². The predicted octanol–water partition coefficient (Wildman–Crippen LogP) is 2.69. The van der Waals surface area contributed by atoms with Gasteiger partial charge in [-0.3, -0.25) is 4.68 Å². The molecule has 2 heterocycles. The van der Waals surface area contributed by atoms with Crippen LogP contribution >= 0.6 is 22.9 Å². The third-order valence-corrected chi connectivity index (χ3v) is 3.66. The van der Waals surface area contributed by atoms with E-state index in [1.807, 2.05) is 30.9 Å². The molecule has 1 aromatic carbocycles. The third kappa shape index (κ3) is 2.04. The molecule has 3 aromatic rings. The monoisotopic (exact) mass is 279 g/mol. The first-order valence-corrected chi connectivity index (χ1v) is 6.60. The number of halogens is 1. The number of aromatic nitrogens is 4. The van der Waals surface area contributed by atoms with Crippen molar-refractivity contribution in [2.24, 2.45) is 7.05 Å². The fourth-order valence-electron chi connectivity index (χ4n) is 1.73. The molecule has 1 N–H and O–H groups in total. The maximum Gasteiger partial charge on any atom is 0.106 e. The zero-order valence-corrected chi connectivity index (χ0v) is 11.2. The smallest absolute Gasteiger partial charge is 0.106 e. The minimum Gasteiger partial charge on any atom is -0.376 e. The van der Waals surface area contributed by atoms with Crippen LogP contribution in [0.3, 0.4) is 0 Å². The van der Waals surface area contributed by atoms with Crippen LogP contribution in [0.5, 0.6) is 0 Å². The molecule has 0 saturated heterocycles. The Morgan fingerprint density at radius 3 is 3.11 bits per heavy atom. The quantitative estimate of drug-likeness (QED) is 0.801. The Balaban J connectivity index is 1.89. The van der Waals surface area contributed by atoms with Crippen LogP contribution in [0.2, 0.25) is 5.02 Å². The maximum absolute atomic E-state index is 6.19. The molecule has 0 unspecified atom stereocenters. The Morgan fingerprint density at radius 1 is 1.44 bits per heavy atom. The summed E-state index contributed by atoms with van der Waals surface area (Å²) in [5.74, 6) is 0. The summed E-state index contributed by atoms with van der Waals surface area (Å²) in [6.45, 7) is 0.574. The molecule has 0 aliphatic rings. The molecule has 0 aliphatic heterocycles. The van der Waals surface area contributed by atoms with Crippen molar-refractivity contribution in [1.82, 2.24) is 20.0 Å². The van der Waals surface area contributed by atoms with Gasteiger partial charge in [0.05, 0.1) is 27.5 Å². The van der Waals surface area contributed by atoms with Gasteiger partial charge >= 0.3 is 0 Å². The molecule has 0 spiro atoms. The fraction of sp³-hybridized carbons (Fsp3) is 0.182. The molecular formula is C11H10ClN5S. The van der Waals surface area contributed by atoms with E-state index < -0.39 is 0 Å². The molecule has 0 atom stereocenters. The predicted molar refractivity (Wildman–Crippen MR) is 73.0 cm³/mol. The number of rotatable bonds is 3. The van der Waals surface area contributed by atoms with Gasteiger partial charge in [-0.15, -0.1) is 16.4 Å². The molecule has 0 fully saturated rings. The molecule has 0 aliphatic carbocycles. The number of nitrogens with zero attached hydrogens (tertiary/aromatic N) is 4. The Bertz CT molecular complexity index is 690. The Kier molecular flexibility index (Phi) is 2.89. The van der Waals surface area contributed by atoms with Crippen molar-refractivity contribution in [3.63, 3.8) is 0 Å². The van der Waals surface area contributed by atoms with Crippen LogP contribution in [0.25, 0.3) is 10.2 Å². The number of thiazole rings is 1. The van der Waals surface area contributed by atoms with Crippen molar-refractivity contribution in [1.29, 1.82) is 0 Å². The van der Waals surface area contributed by atoms with Crippen LogP contribution in [-0.4, -0.2) is 20.0 Å². The molecule has 3 rings (SSSR count). The summed E-state index contributed by atoms with van der Waals surface area (Å²) < 4.78 is 2.78. The lowest BCUT2D eigenvalue weighted by atomic mass is 10.3. The minimum absolute atomic E-state index is 0.574.